The summed E-state index contributed by atoms with van der Waals surface area (Å²) in [6, 6.07) is 17.1. The lowest BCUT2D eigenvalue weighted by atomic mass is 10.1. The van der Waals surface area contributed by atoms with E-state index < -0.39 is 11.8 Å². The summed E-state index contributed by atoms with van der Waals surface area (Å²) in [6.07, 6.45) is 0. The molecule has 0 radical (unpaired) electrons. The summed E-state index contributed by atoms with van der Waals surface area (Å²) in [7, 11) is 1.46. The smallest absolute Gasteiger partial charge is 0.273 e. The predicted molar refractivity (Wildman–Crippen MR) is 93.5 cm³/mol. The fourth-order valence-corrected chi connectivity index (χ4v) is 2.49. The Morgan fingerprint density at radius 3 is 2.08 bits per heavy atom. The Hall–Kier alpha value is -3.54. The number of fused-ring (bicyclic) bond motifs is 1. The van der Waals surface area contributed by atoms with Crippen molar-refractivity contribution in [1.82, 2.24) is 10.9 Å². The van der Waals surface area contributed by atoms with Gasteiger partial charge in [-0.2, -0.15) is 0 Å². The Morgan fingerprint density at radius 1 is 0.840 bits per heavy atom. The molecule has 0 bridgehead atoms. The number of aromatic hydroxyl groups is 1. The van der Waals surface area contributed by atoms with Gasteiger partial charge in [0.25, 0.3) is 11.8 Å². The minimum Gasteiger partial charge on any atom is -0.507 e. The molecule has 0 heterocycles. The molecule has 3 aromatic carbocycles. The second kappa shape index (κ2) is 6.92. The third-order valence-corrected chi connectivity index (χ3v) is 3.75. The van der Waals surface area contributed by atoms with Crippen LogP contribution < -0.4 is 15.6 Å². The number of phenols is 1. The molecule has 3 aromatic rings. The normalized spacial score (nSPS) is 10.3. The van der Waals surface area contributed by atoms with E-state index in [2.05, 4.69) is 10.9 Å². The van der Waals surface area contributed by atoms with Crippen molar-refractivity contribution in [3.8, 4) is 11.5 Å². The Bertz CT molecular complexity index is 953. The maximum Gasteiger partial charge on any atom is 0.273 e. The molecule has 0 unspecified atom stereocenters. The van der Waals surface area contributed by atoms with Gasteiger partial charge in [0, 0.05) is 0 Å². The van der Waals surface area contributed by atoms with Crippen LogP contribution in [0.5, 0.6) is 11.5 Å². The fraction of sp³-hybridized carbons (Fsp3) is 0.0526. The van der Waals surface area contributed by atoms with Crippen molar-refractivity contribution in [2.45, 2.75) is 0 Å². The van der Waals surface area contributed by atoms with Gasteiger partial charge in [0.15, 0.2) is 0 Å². The van der Waals surface area contributed by atoms with Crippen LogP contribution in [0.4, 0.5) is 0 Å². The van der Waals surface area contributed by atoms with Gasteiger partial charge in [-0.1, -0.05) is 36.4 Å². The fourth-order valence-electron chi connectivity index (χ4n) is 2.49. The predicted octanol–water partition coefficient (Wildman–Crippen LogP) is 2.63. The highest BCUT2D eigenvalue weighted by Crippen LogP contribution is 2.24. The van der Waals surface area contributed by atoms with Crippen LogP contribution in [-0.2, 0) is 0 Å². The van der Waals surface area contributed by atoms with E-state index in [-0.39, 0.29) is 16.9 Å². The second-order valence-corrected chi connectivity index (χ2v) is 5.33. The Morgan fingerprint density at radius 2 is 1.40 bits per heavy atom. The number of hydrazine groups is 1. The van der Waals surface area contributed by atoms with Crippen molar-refractivity contribution >= 4 is 22.6 Å². The number of methoxy groups -OCH3 is 1. The molecule has 25 heavy (non-hydrogen) atoms. The van der Waals surface area contributed by atoms with Crippen molar-refractivity contribution in [3.05, 3.63) is 71.8 Å². The van der Waals surface area contributed by atoms with E-state index in [9.17, 15) is 14.7 Å². The van der Waals surface area contributed by atoms with E-state index in [0.29, 0.717) is 5.75 Å². The molecule has 0 saturated carbocycles. The number of carbonyl (C=O) groups is 2. The number of phenolic OH excluding ortho intramolecular Hbond substituents is 1. The number of carbonyl (C=O) groups excluding carboxylic acids is 2. The minimum absolute atomic E-state index is 0.0685. The van der Waals surface area contributed by atoms with Gasteiger partial charge in [0.05, 0.1) is 18.2 Å². The van der Waals surface area contributed by atoms with E-state index in [1.165, 1.54) is 13.2 Å². The first-order valence-electron chi connectivity index (χ1n) is 7.55. The summed E-state index contributed by atoms with van der Waals surface area (Å²) >= 11 is 0. The maximum absolute atomic E-state index is 12.3. The third kappa shape index (κ3) is 3.37. The molecule has 6 nitrogen and oxygen atoms in total. The molecule has 0 spiro atoms. The van der Waals surface area contributed by atoms with Crippen LogP contribution in [0.15, 0.2) is 60.7 Å². The zero-order valence-corrected chi connectivity index (χ0v) is 13.4. The number of nitrogens with one attached hydrogen (secondary N) is 2. The summed E-state index contributed by atoms with van der Waals surface area (Å²) in [5.74, 6) is -0.914. The van der Waals surface area contributed by atoms with E-state index in [1.807, 2.05) is 24.3 Å². The SMILES string of the molecule is COc1ccccc1C(=O)NNC(=O)c1cc2ccccc2cc1O. The van der Waals surface area contributed by atoms with E-state index in [1.54, 1.807) is 30.3 Å². The van der Waals surface area contributed by atoms with Crippen molar-refractivity contribution < 1.29 is 19.4 Å². The molecule has 3 rings (SSSR count). The number of ether oxygens (including phenoxy) is 1. The van der Waals surface area contributed by atoms with Gasteiger partial charge >= 0.3 is 0 Å². The molecule has 0 saturated heterocycles. The lowest BCUT2D eigenvalue weighted by Crippen LogP contribution is -2.41. The summed E-state index contributed by atoms with van der Waals surface area (Å²) < 4.78 is 5.11. The zero-order valence-electron chi connectivity index (χ0n) is 13.4. The van der Waals surface area contributed by atoms with Crippen LogP contribution in [0, 0.1) is 0 Å². The Kier molecular flexibility index (Phi) is 4.52. The maximum atomic E-state index is 12.3. The molecule has 126 valence electrons. The monoisotopic (exact) mass is 336 g/mol. The van der Waals surface area contributed by atoms with Gasteiger partial charge in [-0.3, -0.25) is 20.4 Å². The average molecular weight is 336 g/mol. The van der Waals surface area contributed by atoms with Gasteiger partial charge in [0.1, 0.15) is 11.5 Å². The topological polar surface area (TPSA) is 87.7 Å². The van der Waals surface area contributed by atoms with Crippen LogP contribution >= 0.6 is 0 Å². The number of amides is 2. The molecule has 3 N–H and O–H groups in total. The highest BCUT2D eigenvalue weighted by atomic mass is 16.5. The first-order chi connectivity index (χ1) is 12.1. The highest BCUT2D eigenvalue weighted by Gasteiger charge is 2.15. The van der Waals surface area contributed by atoms with Gasteiger partial charge in [-0.25, -0.2) is 0 Å². The largest absolute Gasteiger partial charge is 0.507 e. The first-order valence-corrected chi connectivity index (χ1v) is 7.55. The van der Waals surface area contributed by atoms with Gasteiger partial charge in [-0.15, -0.1) is 0 Å². The zero-order chi connectivity index (χ0) is 17.8. The molecule has 6 heteroatoms. The molecule has 0 aliphatic carbocycles. The highest BCUT2D eigenvalue weighted by molar-refractivity contribution is 6.03. The van der Waals surface area contributed by atoms with E-state index >= 15 is 0 Å². The third-order valence-electron chi connectivity index (χ3n) is 3.75. The Balaban J connectivity index is 1.76. The molecular weight excluding hydrogens is 320 g/mol. The minimum atomic E-state index is -0.619. The summed E-state index contributed by atoms with van der Waals surface area (Å²) in [5, 5.41) is 11.7. The number of rotatable bonds is 3. The average Bonchev–Trinajstić information content (AvgIpc) is 2.65. The van der Waals surface area contributed by atoms with Gasteiger partial charge in [-0.05, 0) is 35.0 Å². The number of hydrogen-bond donors (Lipinski definition) is 3. The van der Waals surface area contributed by atoms with Crippen LogP contribution in [0.1, 0.15) is 20.7 Å². The van der Waals surface area contributed by atoms with Crippen molar-refractivity contribution in [1.29, 1.82) is 0 Å². The van der Waals surface area contributed by atoms with Crippen LogP contribution in [0.25, 0.3) is 10.8 Å². The molecular formula is C19H16N2O4. The number of benzene rings is 3. The van der Waals surface area contributed by atoms with Crippen molar-refractivity contribution in [2.75, 3.05) is 7.11 Å². The lowest BCUT2D eigenvalue weighted by Gasteiger charge is -2.11. The van der Waals surface area contributed by atoms with Crippen LogP contribution in [0.3, 0.4) is 0 Å². The van der Waals surface area contributed by atoms with E-state index in [4.69, 9.17) is 4.74 Å². The van der Waals surface area contributed by atoms with Crippen LogP contribution in [0.2, 0.25) is 0 Å². The Labute approximate surface area is 144 Å². The second-order valence-electron chi connectivity index (χ2n) is 5.33. The number of para-hydroxylation sites is 1. The van der Waals surface area contributed by atoms with Crippen molar-refractivity contribution in [3.63, 3.8) is 0 Å². The van der Waals surface area contributed by atoms with E-state index in [0.717, 1.165) is 10.8 Å². The van der Waals surface area contributed by atoms with Crippen LogP contribution in [-0.4, -0.2) is 24.0 Å². The lowest BCUT2D eigenvalue weighted by molar-refractivity contribution is 0.0843. The molecule has 0 fully saturated rings. The molecule has 2 amide bonds. The molecule has 0 aromatic heterocycles. The van der Waals surface area contributed by atoms with Gasteiger partial charge < -0.3 is 9.84 Å². The summed E-state index contributed by atoms with van der Waals surface area (Å²) in [4.78, 5) is 24.5. The van der Waals surface area contributed by atoms with Gasteiger partial charge in [0.2, 0.25) is 0 Å². The summed E-state index contributed by atoms with van der Waals surface area (Å²) in [6.45, 7) is 0. The van der Waals surface area contributed by atoms with Crippen molar-refractivity contribution in [2.24, 2.45) is 0 Å². The number of hydrogen-bond acceptors (Lipinski definition) is 4. The standard InChI is InChI=1S/C19H16N2O4/c1-25-17-9-5-4-8-14(17)18(23)20-21-19(24)15-10-12-6-2-3-7-13(12)11-16(15)22/h2-11,22H,1H3,(H,20,23)(H,21,24). The quantitative estimate of drug-likeness (QED) is 0.642. The molecule has 0 aliphatic heterocycles. The summed E-state index contributed by atoms with van der Waals surface area (Å²) in [5.41, 5.74) is 4.97. The first kappa shape index (κ1) is 16.3. The molecule has 0 atom stereocenters. The molecule has 0 aliphatic rings.